The molecule has 0 unspecified atom stereocenters. The molecule has 0 radical (unpaired) electrons. The highest BCUT2D eigenvalue weighted by atomic mass is 16.3. The van der Waals surface area contributed by atoms with Gasteiger partial charge in [-0.1, -0.05) is 58.6 Å². The third kappa shape index (κ3) is 4.73. The van der Waals surface area contributed by atoms with E-state index in [1.165, 1.54) is 43.2 Å². The van der Waals surface area contributed by atoms with Crippen LogP contribution in [0.15, 0.2) is 30.3 Å². The number of aromatic hydroxyl groups is 1. The molecule has 0 atom stereocenters. The van der Waals surface area contributed by atoms with Crippen LogP contribution in [-0.2, 0) is 19.3 Å². The zero-order valence-corrected chi connectivity index (χ0v) is 17.5. The number of phenols is 1. The first-order valence-electron chi connectivity index (χ1n) is 10.9. The maximum atomic E-state index is 11.0. The first-order chi connectivity index (χ1) is 13.7. The molecule has 4 heteroatoms. The smallest absolute Gasteiger partial charge is 0.146 e. The van der Waals surface area contributed by atoms with Gasteiger partial charge in [-0.15, -0.1) is 15.0 Å². The molecule has 0 bridgehead atoms. The molecule has 3 rings (SSSR count). The lowest BCUT2D eigenvalue weighted by atomic mass is 9.99. The molecule has 1 aromatic heterocycles. The van der Waals surface area contributed by atoms with Crippen molar-refractivity contribution in [3.8, 4) is 11.4 Å². The third-order valence-corrected chi connectivity index (χ3v) is 5.42. The van der Waals surface area contributed by atoms with Crippen molar-refractivity contribution in [1.29, 1.82) is 0 Å². The van der Waals surface area contributed by atoms with Crippen LogP contribution in [0.4, 0.5) is 0 Å². The van der Waals surface area contributed by atoms with Crippen molar-refractivity contribution in [1.82, 2.24) is 15.0 Å². The monoisotopic (exact) mass is 379 g/mol. The molecule has 0 spiro atoms. The van der Waals surface area contributed by atoms with E-state index in [0.29, 0.717) is 11.4 Å². The largest absolute Gasteiger partial charge is 0.505 e. The fourth-order valence-electron chi connectivity index (χ4n) is 3.66. The van der Waals surface area contributed by atoms with E-state index in [2.05, 4.69) is 55.2 Å². The van der Waals surface area contributed by atoms with Crippen LogP contribution in [0, 0.1) is 0 Å². The minimum Gasteiger partial charge on any atom is -0.505 e. The van der Waals surface area contributed by atoms with E-state index >= 15 is 0 Å². The Balaban J connectivity index is 1.99. The first kappa shape index (κ1) is 20.4. The Morgan fingerprint density at radius 3 is 2.21 bits per heavy atom. The van der Waals surface area contributed by atoms with Crippen molar-refractivity contribution in [3.63, 3.8) is 0 Å². The highest BCUT2D eigenvalue weighted by Crippen LogP contribution is 2.30. The van der Waals surface area contributed by atoms with E-state index in [0.717, 1.165) is 42.3 Å². The van der Waals surface area contributed by atoms with Crippen molar-refractivity contribution in [2.24, 2.45) is 0 Å². The minimum atomic E-state index is 0.325. The average molecular weight is 380 g/mol. The summed E-state index contributed by atoms with van der Waals surface area (Å²) in [5, 5.41) is 20.3. The van der Waals surface area contributed by atoms with E-state index < -0.39 is 0 Å². The van der Waals surface area contributed by atoms with Crippen molar-refractivity contribution in [3.05, 3.63) is 47.0 Å². The van der Waals surface area contributed by atoms with E-state index in [4.69, 9.17) is 0 Å². The molecule has 0 amide bonds. The van der Waals surface area contributed by atoms with Crippen LogP contribution in [0.5, 0.6) is 5.75 Å². The molecule has 0 saturated carbocycles. The van der Waals surface area contributed by atoms with Gasteiger partial charge >= 0.3 is 0 Å². The van der Waals surface area contributed by atoms with Gasteiger partial charge in [0, 0.05) is 0 Å². The van der Waals surface area contributed by atoms with Gasteiger partial charge < -0.3 is 5.11 Å². The Labute approximate surface area is 168 Å². The van der Waals surface area contributed by atoms with Crippen LogP contribution in [0.25, 0.3) is 16.7 Å². The molecule has 0 aliphatic carbocycles. The number of aromatic nitrogens is 3. The lowest BCUT2D eigenvalue weighted by molar-refractivity contribution is 0.458. The molecule has 0 fully saturated rings. The van der Waals surface area contributed by atoms with Crippen molar-refractivity contribution < 1.29 is 5.11 Å². The van der Waals surface area contributed by atoms with Gasteiger partial charge in [0.2, 0.25) is 0 Å². The Morgan fingerprint density at radius 1 is 0.786 bits per heavy atom. The number of fused-ring (bicyclic) bond motifs is 1. The van der Waals surface area contributed by atoms with Crippen LogP contribution in [0.3, 0.4) is 0 Å². The van der Waals surface area contributed by atoms with Crippen LogP contribution in [0.2, 0.25) is 0 Å². The van der Waals surface area contributed by atoms with Crippen molar-refractivity contribution in [2.75, 3.05) is 0 Å². The second-order valence-electron chi connectivity index (χ2n) is 7.70. The number of unbranched alkanes of at least 4 members (excludes halogenated alkanes) is 4. The topological polar surface area (TPSA) is 50.9 Å². The first-order valence-corrected chi connectivity index (χ1v) is 10.9. The van der Waals surface area contributed by atoms with Crippen LogP contribution in [-0.4, -0.2) is 20.1 Å². The Bertz CT molecular complexity index is 914. The molecular weight excluding hydrogens is 346 g/mol. The highest BCUT2D eigenvalue weighted by molar-refractivity contribution is 5.75. The lowest BCUT2D eigenvalue weighted by Crippen LogP contribution is -2.03. The van der Waals surface area contributed by atoms with E-state index in [9.17, 15) is 5.11 Å². The predicted molar refractivity (Wildman–Crippen MR) is 116 cm³/mol. The van der Waals surface area contributed by atoms with Crippen LogP contribution >= 0.6 is 0 Å². The van der Waals surface area contributed by atoms with E-state index in [-0.39, 0.29) is 0 Å². The van der Waals surface area contributed by atoms with Gasteiger partial charge in [-0.3, -0.25) is 0 Å². The standard InChI is InChI=1S/C24H33N3O/c1-4-7-9-11-19-15-20(12-10-8-5-2)24(28)23(17-19)27-25-21-14-13-18(6-3)16-22(21)26-27/h13-17,28H,4-12H2,1-3H3. The molecule has 28 heavy (non-hydrogen) atoms. The summed E-state index contributed by atoms with van der Waals surface area (Å²) >= 11 is 0. The summed E-state index contributed by atoms with van der Waals surface area (Å²) in [5.74, 6) is 0.325. The molecule has 150 valence electrons. The number of hydrogen-bond donors (Lipinski definition) is 1. The summed E-state index contributed by atoms with van der Waals surface area (Å²) < 4.78 is 0. The normalized spacial score (nSPS) is 11.4. The number of phenolic OH excluding ortho intramolecular Hbond substituents is 1. The number of benzene rings is 2. The van der Waals surface area contributed by atoms with Crippen LogP contribution < -0.4 is 0 Å². The summed E-state index contributed by atoms with van der Waals surface area (Å²) in [6, 6.07) is 10.4. The van der Waals surface area contributed by atoms with Gasteiger partial charge in [0.1, 0.15) is 22.5 Å². The molecule has 2 aromatic carbocycles. The zero-order chi connectivity index (χ0) is 19.9. The SMILES string of the molecule is CCCCCc1cc(CCCCC)c(O)c(-n2nc3ccc(CC)cc3n2)c1. The third-order valence-electron chi connectivity index (χ3n) is 5.42. The molecule has 1 heterocycles. The molecule has 0 aliphatic heterocycles. The second-order valence-corrected chi connectivity index (χ2v) is 7.70. The summed E-state index contributed by atoms with van der Waals surface area (Å²) in [5.41, 5.74) is 5.98. The number of rotatable bonds is 10. The van der Waals surface area contributed by atoms with Gasteiger partial charge in [0.25, 0.3) is 0 Å². The minimum absolute atomic E-state index is 0.325. The van der Waals surface area contributed by atoms with Gasteiger partial charge in [0.05, 0.1) is 0 Å². The van der Waals surface area contributed by atoms with Gasteiger partial charge in [-0.05, 0) is 67.0 Å². The molecule has 0 aliphatic rings. The summed E-state index contributed by atoms with van der Waals surface area (Å²) in [6.07, 6.45) is 9.96. The van der Waals surface area contributed by atoms with Crippen LogP contribution in [0.1, 0.15) is 76.0 Å². The summed E-state index contributed by atoms with van der Waals surface area (Å²) in [7, 11) is 0. The van der Waals surface area contributed by atoms with Gasteiger partial charge in [0.15, 0.2) is 0 Å². The van der Waals surface area contributed by atoms with Crippen molar-refractivity contribution >= 4 is 11.0 Å². The predicted octanol–water partition coefficient (Wildman–Crippen LogP) is 6.15. The fraction of sp³-hybridized carbons (Fsp3) is 0.500. The molecule has 1 N–H and O–H groups in total. The van der Waals surface area contributed by atoms with E-state index in [1.807, 2.05) is 6.07 Å². The van der Waals surface area contributed by atoms with E-state index in [1.54, 1.807) is 4.80 Å². The van der Waals surface area contributed by atoms with Crippen molar-refractivity contribution in [2.45, 2.75) is 78.6 Å². The maximum absolute atomic E-state index is 11.0. The highest BCUT2D eigenvalue weighted by Gasteiger charge is 2.15. The summed E-state index contributed by atoms with van der Waals surface area (Å²) in [6.45, 7) is 6.57. The molecule has 4 nitrogen and oxygen atoms in total. The molecule has 3 aromatic rings. The Morgan fingerprint density at radius 2 is 1.50 bits per heavy atom. The zero-order valence-electron chi connectivity index (χ0n) is 17.5. The number of hydrogen-bond acceptors (Lipinski definition) is 3. The number of nitrogens with zero attached hydrogens (tertiary/aromatic N) is 3. The fourth-order valence-corrected chi connectivity index (χ4v) is 3.66. The molecular formula is C24H33N3O. The maximum Gasteiger partial charge on any atom is 0.146 e. The lowest BCUT2D eigenvalue weighted by Gasteiger charge is -2.12. The second kappa shape index (κ2) is 9.72. The Hall–Kier alpha value is -2.36. The Kier molecular flexibility index (Phi) is 7.07. The van der Waals surface area contributed by atoms with Gasteiger partial charge in [-0.2, -0.15) is 0 Å². The quantitative estimate of drug-likeness (QED) is 0.430. The van der Waals surface area contributed by atoms with Gasteiger partial charge in [-0.25, -0.2) is 0 Å². The summed E-state index contributed by atoms with van der Waals surface area (Å²) in [4.78, 5) is 1.62. The molecule has 0 saturated heterocycles. The number of aryl methyl sites for hydroxylation is 3. The average Bonchev–Trinajstić information content (AvgIpc) is 3.13.